The SMILES string of the molecule is CCOCCCC(=O)Nc1ccc(F)cc1C(=O)O. The second kappa shape index (κ2) is 7.48. The summed E-state index contributed by atoms with van der Waals surface area (Å²) >= 11 is 0. The Hall–Kier alpha value is -1.95. The van der Waals surface area contributed by atoms with Crippen molar-refractivity contribution < 1.29 is 23.8 Å². The predicted molar refractivity (Wildman–Crippen MR) is 67.7 cm³/mol. The van der Waals surface area contributed by atoms with E-state index in [0.29, 0.717) is 19.6 Å². The lowest BCUT2D eigenvalue weighted by atomic mass is 10.1. The first kappa shape index (κ1) is 15.1. The van der Waals surface area contributed by atoms with Crippen molar-refractivity contribution in [1.29, 1.82) is 0 Å². The summed E-state index contributed by atoms with van der Waals surface area (Å²) in [6.45, 7) is 2.92. The Morgan fingerprint density at radius 1 is 1.42 bits per heavy atom. The van der Waals surface area contributed by atoms with Crippen molar-refractivity contribution in [3.63, 3.8) is 0 Å². The van der Waals surface area contributed by atoms with Crippen LogP contribution in [0.5, 0.6) is 0 Å². The first-order valence-electron chi connectivity index (χ1n) is 5.95. The Morgan fingerprint density at radius 3 is 2.79 bits per heavy atom. The van der Waals surface area contributed by atoms with E-state index < -0.39 is 11.8 Å². The summed E-state index contributed by atoms with van der Waals surface area (Å²) < 4.78 is 18.0. The molecule has 0 atom stereocenters. The van der Waals surface area contributed by atoms with Gasteiger partial charge in [-0.05, 0) is 31.5 Å². The average molecular weight is 269 g/mol. The number of hydrogen-bond acceptors (Lipinski definition) is 3. The Balaban J connectivity index is 2.61. The molecule has 0 aliphatic rings. The Labute approximate surface area is 110 Å². The van der Waals surface area contributed by atoms with Crippen molar-refractivity contribution in [2.45, 2.75) is 19.8 Å². The van der Waals surface area contributed by atoms with Gasteiger partial charge in [0.05, 0.1) is 11.3 Å². The van der Waals surface area contributed by atoms with Crippen molar-refractivity contribution in [1.82, 2.24) is 0 Å². The molecule has 0 fully saturated rings. The molecule has 5 nitrogen and oxygen atoms in total. The van der Waals surface area contributed by atoms with E-state index >= 15 is 0 Å². The molecule has 0 saturated heterocycles. The van der Waals surface area contributed by atoms with Crippen molar-refractivity contribution >= 4 is 17.6 Å². The quantitative estimate of drug-likeness (QED) is 0.744. The van der Waals surface area contributed by atoms with E-state index in [1.807, 2.05) is 6.92 Å². The largest absolute Gasteiger partial charge is 0.478 e. The number of hydrogen-bond donors (Lipinski definition) is 2. The molecule has 2 N–H and O–H groups in total. The molecule has 0 aliphatic heterocycles. The zero-order chi connectivity index (χ0) is 14.3. The van der Waals surface area contributed by atoms with Crippen molar-refractivity contribution in [3.05, 3.63) is 29.6 Å². The molecule has 0 spiro atoms. The van der Waals surface area contributed by atoms with Gasteiger partial charge in [0.1, 0.15) is 5.82 Å². The first-order chi connectivity index (χ1) is 9.04. The molecular weight excluding hydrogens is 253 g/mol. The highest BCUT2D eigenvalue weighted by Gasteiger charge is 2.13. The Bertz CT molecular complexity index is 462. The molecule has 0 aliphatic carbocycles. The van der Waals surface area contributed by atoms with Crippen molar-refractivity contribution in [3.8, 4) is 0 Å². The Kier molecular flexibility index (Phi) is 5.95. The molecule has 1 aromatic rings. The van der Waals surface area contributed by atoms with Crippen LogP contribution in [0.25, 0.3) is 0 Å². The number of amides is 1. The number of carboxylic acid groups (broad SMARTS) is 1. The number of carbonyl (C=O) groups excluding carboxylic acids is 1. The van der Waals surface area contributed by atoms with Crippen molar-refractivity contribution in [2.24, 2.45) is 0 Å². The molecule has 19 heavy (non-hydrogen) atoms. The van der Waals surface area contributed by atoms with Gasteiger partial charge in [0.25, 0.3) is 0 Å². The van der Waals surface area contributed by atoms with Crippen LogP contribution < -0.4 is 5.32 Å². The summed E-state index contributed by atoms with van der Waals surface area (Å²) in [4.78, 5) is 22.5. The number of carboxylic acids is 1. The molecule has 0 heterocycles. The Morgan fingerprint density at radius 2 is 2.16 bits per heavy atom. The third-order valence-electron chi connectivity index (χ3n) is 2.38. The summed E-state index contributed by atoms with van der Waals surface area (Å²) in [6, 6.07) is 3.21. The minimum Gasteiger partial charge on any atom is -0.478 e. The average Bonchev–Trinajstić information content (AvgIpc) is 2.36. The van der Waals surface area contributed by atoms with Crippen LogP contribution in [0.2, 0.25) is 0 Å². The minimum atomic E-state index is -1.29. The fourth-order valence-corrected chi connectivity index (χ4v) is 1.49. The van der Waals surface area contributed by atoms with Crippen LogP contribution >= 0.6 is 0 Å². The predicted octanol–water partition coefficient (Wildman–Crippen LogP) is 2.28. The van der Waals surface area contributed by atoms with Gasteiger partial charge < -0.3 is 15.2 Å². The maximum absolute atomic E-state index is 12.9. The zero-order valence-electron chi connectivity index (χ0n) is 10.6. The number of benzene rings is 1. The molecule has 1 amide bonds. The molecule has 0 saturated carbocycles. The summed E-state index contributed by atoms with van der Waals surface area (Å²) in [5.74, 6) is -2.27. The van der Waals surface area contributed by atoms with E-state index in [1.54, 1.807) is 0 Å². The molecule has 0 radical (unpaired) electrons. The number of anilines is 1. The second-order valence-electron chi connectivity index (χ2n) is 3.84. The summed E-state index contributed by atoms with van der Waals surface area (Å²) in [5, 5.41) is 11.4. The molecule has 6 heteroatoms. The van der Waals surface area contributed by atoms with Crippen LogP contribution in [0.4, 0.5) is 10.1 Å². The van der Waals surface area contributed by atoms with Gasteiger partial charge in [-0.25, -0.2) is 9.18 Å². The second-order valence-corrected chi connectivity index (χ2v) is 3.84. The highest BCUT2D eigenvalue weighted by Crippen LogP contribution is 2.17. The van der Waals surface area contributed by atoms with E-state index in [4.69, 9.17) is 9.84 Å². The summed E-state index contributed by atoms with van der Waals surface area (Å²) in [5.41, 5.74) is -0.173. The number of carbonyl (C=O) groups is 2. The topological polar surface area (TPSA) is 75.6 Å². The number of nitrogens with one attached hydrogen (secondary N) is 1. The number of halogens is 1. The van der Waals surface area contributed by atoms with Gasteiger partial charge >= 0.3 is 5.97 Å². The molecular formula is C13H16FNO4. The van der Waals surface area contributed by atoms with Crippen LogP contribution in [0.3, 0.4) is 0 Å². The van der Waals surface area contributed by atoms with Crippen LogP contribution in [0.15, 0.2) is 18.2 Å². The van der Waals surface area contributed by atoms with Crippen LogP contribution in [0, 0.1) is 5.82 Å². The van der Waals surface area contributed by atoms with Gasteiger partial charge in [0.15, 0.2) is 0 Å². The smallest absolute Gasteiger partial charge is 0.337 e. The molecule has 104 valence electrons. The molecule has 0 bridgehead atoms. The lowest BCUT2D eigenvalue weighted by Crippen LogP contribution is -2.15. The molecule has 1 aromatic carbocycles. The first-order valence-corrected chi connectivity index (χ1v) is 5.95. The maximum atomic E-state index is 12.9. The third-order valence-corrected chi connectivity index (χ3v) is 2.38. The number of ether oxygens (including phenoxy) is 1. The molecule has 0 unspecified atom stereocenters. The maximum Gasteiger partial charge on any atom is 0.337 e. The van der Waals surface area contributed by atoms with Gasteiger partial charge in [-0.2, -0.15) is 0 Å². The van der Waals surface area contributed by atoms with Gasteiger partial charge in [-0.3, -0.25) is 4.79 Å². The molecule has 1 rings (SSSR count). The summed E-state index contributed by atoms with van der Waals surface area (Å²) in [6.07, 6.45) is 0.764. The summed E-state index contributed by atoms with van der Waals surface area (Å²) in [7, 11) is 0. The van der Waals surface area contributed by atoms with E-state index in [-0.39, 0.29) is 23.6 Å². The van der Waals surface area contributed by atoms with E-state index in [0.717, 1.165) is 12.1 Å². The monoisotopic (exact) mass is 269 g/mol. The van der Waals surface area contributed by atoms with Gasteiger partial charge in [-0.15, -0.1) is 0 Å². The standard InChI is InChI=1S/C13H16FNO4/c1-2-19-7-3-4-12(16)15-11-6-5-9(14)8-10(11)13(17)18/h5-6,8H,2-4,7H2,1H3,(H,15,16)(H,17,18). The zero-order valence-corrected chi connectivity index (χ0v) is 10.6. The lowest BCUT2D eigenvalue weighted by molar-refractivity contribution is -0.116. The van der Waals surface area contributed by atoms with Crippen LogP contribution in [-0.2, 0) is 9.53 Å². The van der Waals surface area contributed by atoms with E-state index in [9.17, 15) is 14.0 Å². The highest BCUT2D eigenvalue weighted by atomic mass is 19.1. The number of aromatic carboxylic acids is 1. The van der Waals surface area contributed by atoms with E-state index in [1.165, 1.54) is 6.07 Å². The number of rotatable bonds is 7. The van der Waals surface area contributed by atoms with Gasteiger partial charge in [0, 0.05) is 19.6 Å². The van der Waals surface area contributed by atoms with Gasteiger partial charge in [-0.1, -0.05) is 0 Å². The van der Waals surface area contributed by atoms with Crippen LogP contribution in [-0.4, -0.2) is 30.2 Å². The van der Waals surface area contributed by atoms with Crippen LogP contribution in [0.1, 0.15) is 30.1 Å². The molecule has 0 aromatic heterocycles. The van der Waals surface area contributed by atoms with Crippen molar-refractivity contribution in [2.75, 3.05) is 18.5 Å². The van der Waals surface area contributed by atoms with E-state index in [2.05, 4.69) is 5.32 Å². The normalized spacial score (nSPS) is 10.2. The third kappa shape index (κ3) is 5.05. The minimum absolute atomic E-state index is 0.0929. The fourth-order valence-electron chi connectivity index (χ4n) is 1.49. The fraction of sp³-hybridized carbons (Fsp3) is 0.385. The lowest BCUT2D eigenvalue weighted by Gasteiger charge is -2.08. The highest BCUT2D eigenvalue weighted by molar-refractivity contribution is 6.00. The van der Waals surface area contributed by atoms with Gasteiger partial charge in [0.2, 0.25) is 5.91 Å².